The maximum atomic E-state index is 3.51. The summed E-state index contributed by atoms with van der Waals surface area (Å²) in [7, 11) is 0. The Morgan fingerprint density at radius 1 is 1.22 bits per heavy atom. The van der Waals surface area contributed by atoms with Crippen LogP contribution in [0.5, 0.6) is 0 Å². The summed E-state index contributed by atoms with van der Waals surface area (Å²) in [5.74, 6) is 0. The first-order chi connectivity index (χ1) is 8.50. The number of nitrogens with one attached hydrogen (secondary N) is 1. The number of hydrogen-bond acceptors (Lipinski definition) is 2. The van der Waals surface area contributed by atoms with Crippen LogP contribution in [0.25, 0.3) is 10.1 Å². The molecule has 0 fully saturated rings. The maximum absolute atomic E-state index is 3.51. The second-order valence-corrected chi connectivity index (χ2v) is 6.80. The van der Waals surface area contributed by atoms with Gasteiger partial charge in [0.25, 0.3) is 0 Å². The molecule has 0 saturated heterocycles. The van der Waals surface area contributed by atoms with Crippen molar-refractivity contribution in [1.82, 2.24) is 5.32 Å². The van der Waals surface area contributed by atoms with Gasteiger partial charge < -0.3 is 5.32 Å². The summed E-state index contributed by atoms with van der Waals surface area (Å²) in [5.41, 5.74) is 1.73. The number of fused-ring (bicyclic) bond motifs is 1. The molecule has 0 atom stereocenters. The van der Waals surface area contributed by atoms with Crippen molar-refractivity contribution in [3.05, 3.63) is 35.2 Å². The van der Waals surface area contributed by atoms with Gasteiger partial charge in [0.1, 0.15) is 0 Å². The normalized spacial score (nSPS) is 12.5. The molecule has 98 valence electrons. The van der Waals surface area contributed by atoms with E-state index >= 15 is 0 Å². The van der Waals surface area contributed by atoms with Crippen LogP contribution in [-0.2, 0) is 5.41 Å². The van der Waals surface area contributed by atoms with Gasteiger partial charge in [-0.3, -0.25) is 0 Å². The zero-order valence-electron chi connectivity index (χ0n) is 11.8. The van der Waals surface area contributed by atoms with E-state index in [0.717, 1.165) is 6.54 Å². The van der Waals surface area contributed by atoms with Crippen LogP contribution in [0.2, 0.25) is 0 Å². The van der Waals surface area contributed by atoms with Gasteiger partial charge in [-0.15, -0.1) is 11.3 Å². The Labute approximate surface area is 114 Å². The van der Waals surface area contributed by atoms with E-state index in [2.05, 4.69) is 62.7 Å². The Balaban J connectivity index is 2.18. The van der Waals surface area contributed by atoms with Gasteiger partial charge in [-0.2, -0.15) is 0 Å². The monoisotopic (exact) mass is 261 g/mol. The summed E-state index contributed by atoms with van der Waals surface area (Å²) >= 11 is 1.86. The lowest BCUT2D eigenvalue weighted by Gasteiger charge is -2.25. The lowest BCUT2D eigenvalue weighted by atomic mass is 9.81. The van der Waals surface area contributed by atoms with Gasteiger partial charge in [0.05, 0.1) is 0 Å². The van der Waals surface area contributed by atoms with Crippen molar-refractivity contribution in [1.29, 1.82) is 0 Å². The third-order valence-corrected chi connectivity index (χ3v) is 4.48. The zero-order chi connectivity index (χ0) is 13.2. The molecule has 2 aromatic rings. The third kappa shape index (κ3) is 2.93. The molecule has 0 aliphatic heterocycles. The van der Waals surface area contributed by atoms with Crippen molar-refractivity contribution in [3.8, 4) is 0 Å². The lowest BCUT2D eigenvalue weighted by molar-refractivity contribution is 0.445. The second-order valence-electron chi connectivity index (χ2n) is 5.89. The summed E-state index contributed by atoms with van der Waals surface area (Å²) in [6.07, 6.45) is 1.17. The minimum absolute atomic E-state index is 0.238. The van der Waals surface area contributed by atoms with Crippen molar-refractivity contribution >= 4 is 21.4 Å². The first-order valence-electron chi connectivity index (χ1n) is 6.71. The Morgan fingerprint density at radius 2 is 1.94 bits per heavy atom. The molecule has 18 heavy (non-hydrogen) atoms. The summed E-state index contributed by atoms with van der Waals surface area (Å²) in [4.78, 5) is 0. The highest BCUT2D eigenvalue weighted by molar-refractivity contribution is 7.17. The predicted octanol–water partition coefficient (Wildman–Crippen LogP) is 4.57. The molecular weight excluding hydrogens is 238 g/mol. The van der Waals surface area contributed by atoms with Gasteiger partial charge in [-0.25, -0.2) is 0 Å². The Hall–Kier alpha value is -0.860. The summed E-state index contributed by atoms with van der Waals surface area (Å²) in [6.45, 7) is 10.2. The number of rotatable bonds is 5. The molecule has 0 spiro atoms. The quantitative estimate of drug-likeness (QED) is 0.831. The molecule has 1 aromatic carbocycles. The molecule has 0 aliphatic rings. The fraction of sp³-hybridized carbons (Fsp3) is 0.500. The maximum Gasteiger partial charge on any atom is 0.0345 e. The number of hydrogen-bond donors (Lipinski definition) is 1. The Bertz CT molecular complexity index is 511. The van der Waals surface area contributed by atoms with E-state index in [1.807, 2.05) is 11.3 Å². The molecular formula is C16H23NS. The average Bonchev–Trinajstić information content (AvgIpc) is 2.72. The summed E-state index contributed by atoms with van der Waals surface area (Å²) in [5, 5.41) is 7.28. The van der Waals surface area contributed by atoms with Crippen LogP contribution in [-0.4, -0.2) is 12.6 Å². The van der Waals surface area contributed by atoms with Crippen LogP contribution in [0.4, 0.5) is 0 Å². The SMILES string of the molecule is CC(C)NCCC(C)(C)c1csc2ccccc12. The number of thiophene rings is 1. The van der Waals surface area contributed by atoms with Gasteiger partial charge in [-0.05, 0) is 40.8 Å². The largest absolute Gasteiger partial charge is 0.315 e. The van der Waals surface area contributed by atoms with Gasteiger partial charge in [-0.1, -0.05) is 45.9 Å². The average molecular weight is 261 g/mol. The van der Waals surface area contributed by atoms with E-state index in [4.69, 9.17) is 0 Å². The van der Waals surface area contributed by atoms with Crippen LogP contribution in [0.3, 0.4) is 0 Å². The zero-order valence-corrected chi connectivity index (χ0v) is 12.6. The molecule has 0 bridgehead atoms. The van der Waals surface area contributed by atoms with Crippen LogP contribution in [0, 0.1) is 0 Å². The predicted molar refractivity (Wildman–Crippen MR) is 82.6 cm³/mol. The Morgan fingerprint density at radius 3 is 2.67 bits per heavy atom. The lowest BCUT2D eigenvalue weighted by Crippen LogP contribution is -2.29. The topological polar surface area (TPSA) is 12.0 Å². The second kappa shape index (κ2) is 5.41. The third-order valence-electron chi connectivity index (χ3n) is 3.51. The fourth-order valence-electron chi connectivity index (χ4n) is 2.31. The first kappa shape index (κ1) is 13.6. The van der Waals surface area contributed by atoms with Crippen LogP contribution >= 0.6 is 11.3 Å². The van der Waals surface area contributed by atoms with Crippen LogP contribution in [0.15, 0.2) is 29.6 Å². The van der Waals surface area contributed by atoms with Crippen LogP contribution < -0.4 is 5.32 Å². The van der Waals surface area contributed by atoms with E-state index in [0.29, 0.717) is 6.04 Å². The molecule has 1 aromatic heterocycles. The minimum atomic E-state index is 0.238. The molecule has 0 amide bonds. The van der Waals surface area contributed by atoms with Crippen molar-refractivity contribution < 1.29 is 0 Å². The smallest absolute Gasteiger partial charge is 0.0345 e. The van der Waals surface area contributed by atoms with Gasteiger partial charge in [0.2, 0.25) is 0 Å². The van der Waals surface area contributed by atoms with Crippen molar-refractivity contribution in [3.63, 3.8) is 0 Å². The summed E-state index contributed by atoms with van der Waals surface area (Å²) in [6, 6.07) is 9.29. The van der Waals surface area contributed by atoms with Crippen molar-refractivity contribution in [2.75, 3.05) is 6.54 Å². The van der Waals surface area contributed by atoms with Crippen LogP contribution in [0.1, 0.15) is 39.7 Å². The van der Waals surface area contributed by atoms with Crippen molar-refractivity contribution in [2.45, 2.75) is 45.6 Å². The highest BCUT2D eigenvalue weighted by atomic mass is 32.1. The van der Waals surface area contributed by atoms with E-state index in [-0.39, 0.29) is 5.41 Å². The molecule has 1 heterocycles. The van der Waals surface area contributed by atoms with Gasteiger partial charge in [0, 0.05) is 10.7 Å². The highest BCUT2D eigenvalue weighted by Crippen LogP contribution is 2.36. The molecule has 2 rings (SSSR count). The molecule has 0 aliphatic carbocycles. The van der Waals surface area contributed by atoms with E-state index in [1.165, 1.54) is 22.1 Å². The van der Waals surface area contributed by atoms with E-state index in [1.54, 1.807) is 0 Å². The minimum Gasteiger partial charge on any atom is -0.315 e. The van der Waals surface area contributed by atoms with E-state index < -0.39 is 0 Å². The number of benzene rings is 1. The molecule has 0 unspecified atom stereocenters. The molecule has 0 radical (unpaired) electrons. The Kier molecular flexibility index (Phi) is 4.08. The molecule has 1 nitrogen and oxygen atoms in total. The van der Waals surface area contributed by atoms with Gasteiger partial charge in [0.15, 0.2) is 0 Å². The van der Waals surface area contributed by atoms with E-state index in [9.17, 15) is 0 Å². The summed E-state index contributed by atoms with van der Waals surface area (Å²) < 4.78 is 1.40. The molecule has 0 saturated carbocycles. The van der Waals surface area contributed by atoms with Gasteiger partial charge >= 0.3 is 0 Å². The van der Waals surface area contributed by atoms with Crippen molar-refractivity contribution in [2.24, 2.45) is 0 Å². The first-order valence-corrected chi connectivity index (χ1v) is 7.59. The standard InChI is InChI=1S/C16H23NS/c1-12(2)17-10-9-16(3,4)14-11-18-15-8-6-5-7-13(14)15/h5-8,11-12,17H,9-10H2,1-4H3. The fourth-order valence-corrected chi connectivity index (χ4v) is 3.46. The molecule has 2 heteroatoms. The highest BCUT2D eigenvalue weighted by Gasteiger charge is 2.23. The molecule has 1 N–H and O–H groups in total.